The Kier molecular flexibility index (Phi) is 4.73. The minimum absolute atomic E-state index is 0.353. The quantitative estimate of drug-likeness (QED) is 0.642. The summed E-state index contributed by atoms with van der Waals surface area (Å²) in [5.41, 5.74) is 5.25. The Morgan fingerprint density at radius 2 is 2.19 bits per heavy atom. The van der Waals surface area contributed by atoms with E-state index < -0.39 is 11.8 Å². The van der Waals surface area contributed by atoms with Crippen LogP contribution in [0.1, 0.15) is 20.3 Å². The fourth-order valence-corrected chi connectivity index (χ4v) is 1.92. The van der Waals surface area contributed by atoms with Gasteiger partial charge in [-0.15, -0.1) is 0 Å². The van der Waals surface area contributed by atoms with Gasteiger partial charge in [0.2, 0.25) is 0 Å². The van der Waals surface area contributed by atoms with Gasteiger partial charge in [-0.05, 0) is 18.3 Å². The molecule has 1 saturated heterocycles. The molecular weight excluding hydrogens is 206 g/mol. The molecule has 0 aromatic rings. The zero-order valence-corrected chi connectivity index (χ0v) is 10.0. The SMILES string of the molecule is CC(C)C1CCN(C(=O)C(=O)NCCN)C1. The molecule has 0 saturated carbocycles. The van der Waals surface area contributed by atoms with Crippen LogP contribution in [-0.2, 0) is 9.59 Å². The van der Waals surface area contributed by atoms with E-state index in [2.05, 4.69) is 19.2 Å². The van der Waals surface area contributed by atoms with Crippen LogP contribution in [0.4, 0.5) is 0 Å². The Bertz CT molecular complexity index is 266. The van der Waals surface area contributed by atoms with Crippen molar-refractivity contribution in [3.63, 3.8) is 0 Å². The molecule has 1 aliphatic rings. The van der Waals surface area contributed by atoms with Gasteiger partial charge < -0.3 is 16.0 Å². The first-order valence-electron chi connectivity index (χ1n) is 5.83. The number of rotatable bonds is 3. The van der Waals surface area contributed by atoms with Gasteiger partial charge in [-0.2, -0.15) is 0 Å². The van der Waals surface area contributed by atoms with Crippen molar-refractivity contribution < 1.29 is 9.59 Å². The van der Waals surface area contributed by atoms with Crippen molar-refractivity contribution in [3.05, 3.63) is 0 Å². The Morgan fingerprint density at radius 1 is 1.50 bits per heavy atom. The molecule has 0 aromatic heterocycles. The second-order valence-corrected chi connectivity index (χ2v) is 4.59. The van der Waals surface area contributed by atoms with E-state index in [9.17, 15) is 9.59 Å². The molecule has 5 nitrogen and oxygen atoms in total. The average Bonchev–Trinajstić information content (AvgIpc) is 2.74. The Balaban J connectivity index is 2.41. The van der Waals surface area contributed by atoms with Crippen LogP contribution in [0.2, 0.25) is 0 Å². The fourth-order valence-electron chi connectivity index (χ4n) is 1.92. The van der Waals surface area contributed by atoms with Crippen LogP contribution in [-0.4, -0.2) is 42.9 Å². The summed E-state index contributed by atoms with van der Waals surface area (Å²) in [4.78, 5) is 24.7. The molecule has 92 valence electrons. The standard InChI is InChI=1S/C11H21N3O2/c1-8(2)9-3-6-14(7-9)11(16)10(15)13-5-4-12/h8-9H,3-7,12H2,1-2H3,(H,13,15). The average molecular weight is 227 g/mol. The highest BCUT2D eigenvalue weighted by atomic mass is 16.2. The van der Waals surface area contributed by atoms with Gasteiger partial charge in [0.25, 0.3) is 0 Å². The first-order valence-corrected chi connectivity index (χ1v) is 5.83. The monoisotopic (exact) mass is 227 g/mol. The molecule has 0 spiro atoms. The van der Waals surface area contributed by atoms with Crippen LogP contribution in [0.3, 0.4) is 0 Å². The number of nitrogens with one attached hydrogen (secondary N) is 1. The summed E-state index contributed by atoms with van der Waals surface area (Å²) in [6.07, 6.45) is 0.994. The van der Waals surface area contributed by atoms with Crippen LogP contribution >= 0.6 is 0 Å². The number of nitrogens with zero attached hydrogens (tertiary/aromatic N) is 1. The number of likely N-dealkylation sites (tertiary alicyclic amines) is 1. The molecule has 16 heavy (non-hydrogen) atoms. The van der Waals surface area contributed by atoms with E-state index in [-0.39, 0.29) is 0 Å². The molecule has 0 radical (unpaired) electrons. The summed E-state index contributed by atoms with van der Waals surface area (Å²) in [5.74, 6) is 0.127. The molecule has 2 amide bonds. The molecule has 0 aliphatic carbocycles. The van der Waals surface area contributed by atoms with Gasteiger partial charge in [-0.1, -0.05) is 13.8 Å². The molecular formula is C11H21N3O2. The van der Waals surface area contributed by atoms with Crippen LogP contribution in [0.25, 0.3) is 0 Å². The number of carbonyl (C=O) groups is 2. The van der Waals surface area contributed by atoms with Gasteiger partial charge in [0.15, 0.2) is 0 Å². The highest BCUT2D eigenvalue weighted by Crippen LogP contribution is 2.23. The van der Waals surface area contributed by atoms with Crippen molar-refractivity contribution in [2.75, 3.05) is 26.2 Å². The highest BCUT2D eigenvalue weighted by Gasteiger charge is 2.30. The van der Waals surface area contributed by atoms with Crippen LogP contribution in [0.15, 0.2) is 0 Å². The van der Waals surface area contributed by atoms with Crippen molar-refractivity contribution in [2.45, 2.75) is 20.3 Å². The highest BCUT2D eigenvalue weighted by molar-refractivity contribution is 6.35. The second-order valence-electron chi connectivity index (χ2n) is 4.59. The molecule has 3 N–H and O–H groups in total. The molecule has 1 heterocycles. The summed E-state index contributed by atoms with van der Waals surface area (Å²) >= 11 is 0. The maximum Gasteiger partial charge on any atom is 0.311 e. The largest absolute Gasteiger partial charge is 0.347 e. The van der Waals surface area contributed by atoms with Crippen molar-refractivity contribution in [3.8, 4) is 0 Å². The predicted octanol–water partition coefficient (Wildman–Crippen LogP) is -0.434. The number of amides is 2. The topological polar surface area (TPSA) is 75.4 Å². The minimum atomic E-state index is -0.533. The van der Waals surface area contributed by atoms with Gasteiger partial charge in [-0.25, -0.2) is 0 Å². The van der Waals surface area contributed by atoms with Crippen molar-refractivity contribution in [1.82, 2.24) is 10.2 Å². The third-order valence-corrected chi connectivity index (χ3v) is 3.08. The van der Waals surface area contributed by atoms with E-state index >= 15 is 0 Å². The smallest absolute Gasteiger partial charge is 0.311 e. The predicted molar refractivity (Wildman–Crippen MR) is 61.6 cm³/mol. The Morgan fingerprint density at radius 3 is 2.69 bits per heavy atom. The van der Waals surface area contributed by atoms with E-state index in [1.165, 1.54) is 0 Å². The maximum absolute atomic E-state index is 11.7. The van der Waals surface area contributed by atoms with Crippen LogP contribution in [0, 0.1) is 11.8 Å². The van der Waals surface area contributed by atoms with Gasteiger partial charge in [0.05, 0.1) is 0 Å². The number of nitrogens with two attached hydrogens (primary N) is 1. The molecule has 0 bridgehead atoms. The van der Waals surface area contributed by atoms with Gasteiger partial charge in [0, 0.05) is 26.2 Å². The lowest BCUT2D eigenvalue weighted by Crippen LogP contribution is -2.43. The second kappa shape index (κ2) is 5.84. The summed E-state index contributed by atoms with van der Waals surface area (Å²) in [5, 5.41) is 2.50. The lowest BCUT2D eigenvalue weighted by molar-refractivity contribution is -0.145. The molecule has 1 aliphatic heterocycles. The van der Waals surface area contributed by atoms with Crippen LogP contribution < -0.4 is 11.1 Å². The third-order valence-electron chi connectivity index (χ3n) is 3.08. The zero-order valence-electron chi connectivity index (χ0n) is 10.0. The zero-order chi connectivity index (χ0) is 12.1. The van der Waals surface area contributed by atoms with E-state index in [4.69, 9.17) is 5.73 Å². The van der Waals surface area contributed by atoms with E-state index in [0.717, 1.165) is 6.42 Å². The molecule has 1 atom stereocenters. The van der Waals surface area contributed by atoms with Gasteiger partial charge in [-0.3, -0.25) is 9.59 Å². The molecule has 5 heteroatoms. The lowest BCUT2D eigenvalue weighted by atomic mass is 9.95. The maximum atomic E-state index is 11.7. The van der Waals surface area contributed by atoms with E-state index in [1.54, 1.807) is 4.90 Å². The summed E-state index contributed by atoms with van der Waals surface area (Å²) in [6, 6.07) is 0. The van der Waals surface area contributed by atoms with Crippen molar-refractivity contribution >= 4 is 11.8 Å². The molecule has 1 unspecified atom stereocenters. The van der Waals surface area contributed by atoms with E-state index in [1.807, 2.05) is 0 Å². The molecule has 0 aromatic carbocycles. The first-order chi connectivity index (χ1) is 7.56. The first kappa shape index (κ1) is 13.0. The van der Waals surface area contributed by atoms with Gasteiger partial charge in [0.1, 0.15) is 0 Å². The fraction of sp³-hybridized carbons (Fsp3) is 0.818. The Hall–Kier alpha value is -1.10. The number of carbonyl (C=O) groups excluding carboxylic acids is 2. The summed E-state index contributed by atoms with van der Waals surface area (Å²) < 4.78 is 0. The van der Waals surface area contributed by atoms with Crippen LogP contribution in [0.5, 0.6) is 0 Å². The normalized spacial score (nSPS) is 20.2. The van der Waals surface area contributed by atoms with Gasteiger partial charge >= 0.3 is 11.8 Å². The number of hydrogen-bond donors (Lipinski definition) is 2. The lowest BCUT2D eigenvalue weighted by Gasteiger charge is -2.17. The van der Waals surface area contributed by atoms with Crippen molar-refractivity contribution in [2.24, 2.45) is 17.6 Å². The molecule has 1 rings (SSSR count). The summed E-state index contributed by atoms with van der Waals surface area (Å²) in [7, 11) is 0. The van der Waals surface area contributed by atoms with Crippen molar-refractivity contribution in [1.29, 1.82) is 0 Å². The molecule has 1 fully saturated rings. The Labute approximate surface area is 96.4 Å². The van der Waals surface area contributed by atoms with E-state index in [0.29, 0.717) is 38.0 Å². The third kappa shape index (κ3) is 3.20. The summed E-state index contributed by atoms with van der Waals surface area (Å²) in [6.45, 7) is 6.39. The minimum Gasteiger partial charge on any atom is -0.347 e. The number of hydrogen-bond acceptors (Lipinski definition) is 3.